The molecular formula is C14H10N2O5. The number of aromatic carboxylic acids is 1. The molecule has 7 heteroatoms. The van der Waals surface area contributed by atoms with Crippen LogP contribution in [0.5, 0.6) is 0 Å². The summed E-state index contributed by atoms with van der Waals surface area (Å²) in [5.74, 6) is -1.85. The van der Waals surface area contributed by atoms with Crippen LogP contribution in [0.1, 0.15) is 10.4 Å². The fourth-order valence-electron chi connectivity index (χ4n) is 1.93. The molecule has 1 aromatic carbocycles. The molecule has 21 heavy (non-hydrogen) atoms. The Kier molecular flexibility index (Phi) is 3.63. The van der Waals surface area contributed by atoms with Crippen molar-refractivity contribution in [3.05, 3.63) is 30.0 Å². The number of aliphatic carboxylic acids is 1. The molecule has 106 valence electrons. The van der Waals surface area contributed by atoms with E-state index >= 15 is 0 Å². The molecule has 0 saturated carbocycles. The van der Waals surface area contributed by atoms with E-state index in [0.717, 1.165) is 0 Å². The number of benzene rings is 1. The lowest BCUT2D eigenvalue weighted by molar-refractivity contribution is -0.147. The van der Waals surface area contributed by atoms with Crippen molar-refractivity contribution in [3.63, 3.8) is 0 Å². The quantitative estimate of drug-likeness (QED) is 0.576. The van der Waals surface area contributed by atoms with Gasteiger partial charge in [-0.15, -0.1) is 6.42 Å². The van der Waals surface area contributed by atoms with Crippen LogP contribution in [-0.4, -0.2) is 32.6 Å². The fourth-order valence-corrected chi connectivity index (χ4v) is 1.93. The number of nitrogens with zero attached hydrogens (tertiary/aromatic N) is 1. The zero-order chi connectivity index (χ0) is 15.6. The number of rotatable bonds is 3. The normalized spacial score (nSPS) is 10.0. The molecule has 0 fully saturated rings. The summed E-state index contributed by atoms with van der Waals surface area (Å²) in [5.41, 5.74) is 0.300. The van der Waals surface area contributed by atoms with Gasteiger partial charge in [-0.3, -0.25) is 4.79 Å². The smallest absolute Gasteiger partial charge is 0.394 e. The van der Waals surface area contributed by atoms with Crippen LogP contribution >= 0.6 is 0 Å². The highest BCUT2D eigenvalue weighted by Crippen LogP contribution is 2.25. The second kappa shape index (κ2) is 5.38. The second-order valence-corrected chi connectivity index (χ2v) is 4.17. The minimum Gasteiger partial charge on any atom is -0.478 e. The van der Waals surface area contributed by atoms with Crippen molar-refractivity contribution in [2.75, 3.05) is 5.32 Å². The van der Waals surface area contributed by atoms with Crippen molar-refractivity contribution in [1.82, 2.24) is 4.57 Å². The van der Waals surface area contributed by atoms with Crippen molar-refractivity contribution >= 4 is 34.4 Å². The highest BCUT2D eigenvalue weighted by atomic mass is 16.4. The van der Waals surface area contributed by atoms with Gasteiger partial charge in [0, 0.05) is 11.6 Å². The largest absolute Gasteiger partial charge is 0.478 e. The number of carbonyl (C=O) groups excluding carboxylic acids is 1. The molecule has 0 aliphatic carbocycles. The van der Waals surface area contributed by atoms with Crippen LogP contribution < -0.4 is 5.32 Å². The number of terminal acetylenes is 1. The molecule has 7 nitrogen and oxygen atoms in total. The fraction of sp³-hybridized carbons (Fsp3) is 0.0714. The number of hydrogen-bond acceptors (Lipinski definition) is 3. The number of anilines is 1. The third-order valence-electron chi connectivity index (χ3n) is 2.84. The summed E-state index contributed by atoms with van der Waals surface area (Å²) in [6, 6.07) is 4.42. The van der Waals surface area contributed by atoms with E-state index in [1.165, 1.54) is 12.1 Å². The molecule has 0 saturated heterocycles. The van der Waals surface area contributed by atoms with Gasteiger partial charge in [-0.25, -0.2) is 9.59 Å². The van der Waals surface area contributed by atoms with Crippen LogP contribution in [-0.2, 0) is 16.1 Å². The van der Waals surface area contributed by atoms with E-state index in [4.69, 9.17) is 16.6 Å². The third kappa shape index (κ3) is 2.69. The van der Waals surface area contributed by atoms with Gasteiger partial charge in [-0.1, -0.05) is 5.92 Å². The summed E-state index contributed by atoms with van der Waals surface area (Å²) in [6.45, 7) is 0.266. The number of nitrogens with one attached hydrogen (secondary N) is 1. The van der Waals surface area contributed by atoms with Crippen molar-refractivity contribution in [3.8, 4) is 12.3 Å². The van der Waals surface area contributed by atoms with Crippen molar-refractivity contribution < 1.29 is 24.6 Å². The van der Waals surface area contributed by atoms with E-state index in [1.54, 1.807) is 16.8 Å². The highest BCUT2D eigenvalue weighted by Gasteiger charge is 2.18. The zero-order valence-corrected chi connectivity index (χ0v) is 10.7. The molecule has 1 heterocycles. The maximum absolute atomic E-state index is 11.2. The number of amides is 1. The van der Waals surface area contributed by atoms with Crippen LogP contribution in [0.3, 0.4) is 0 Å². The van der Waals surface area contributed by atoms with Crippen LogP contribution in [0.4, 0.5) is 5.69 Å². The van der Waals surface area contributed by atoms with Crippen LogP contribution in [0, 0.1) is 12.3 Å². The first-order chi connectivity index (χ1) is 9.93. The predicted octanol–water partition coefficient (Wildman–Crippen LogP) is 0.996. The van der Waals surface area contributed by atoms with Gasteiger partial charge in [0.05, 0.1) is 23.3 Å². The maximum Gasteiger partial charge on any atom is 0.394 e. The minimum absolute atomic E-state index is 0.0978. The van der Waals surface area contributed by atoms with Gasteiger partial charge < -0.3 is 20.1 Å². The Morgan fingerprint density at radius 3 is 2.57 bits per heavy atom. The summed E-state index contributed by atoms with van der Waals surface area (Å²) in [6.07, 6.45) is 6.91. The summed E-state index contributed by atoms with van der Waals surface area (Å²) in [5, 5.41) is 20.4. The van der Waals surface area contributed by atoms with Gasteiger partial charge in [0.2, 0.25) is 0 Å². The van der Waals surface area contributed by atoms with Crippen LogP contribution in [0.25, 0.3) is 10.9 Å². The van der Waals surface area contributed by atoms with Gasteiger partial charge in [0.25, 0.3) is 0 Å². The van der Waals surface area contributed by atoms with E-state index in [-0.39, 0.29) is 17.8 Å². The Morgan fingerprint density at radius 1 is 1.29 bits per heavy atom. The molecule has 2 aromatic rings. The minimum atomic E-state index is -1.70. The Morgan fingerprint density at radius 2 is 2.00 bits per heavy atom. The van der Waals surface area contributed by atoms with Crippen molar-refractivity contribution in [1.29, 1.82) is 0 Å². The van der Waals surface area contributed by atoms with E-state index in [2.05, 4.69) is 11.2 Å². The summed E-state index contributed by atoms with van der Waals surface area (Å²) in [7, 11) is 0. The van der Waals surface area contributed by atoms with E-state index < -0.39 is 17.8 Å². The van der Waals surface area contributed by atoms with Gasteiger partial charge >= 0.3 is 17.8 Å². The molecule has 1 amide bonds. The molecule has 0 atom stereocenters. The lowest BCUT2D eigenvalue weighted by Gasteiger charge is -2.08. The molecule has 0 radical (unpaired) electrons. The maximum atomic E-state index is 11.2. The summed E-state index contributed by atoms with van der Waals surface area (Å²) < 4.78 is 1.68. The highest BCUT2D eigenvalue weighted by molar-refractivity contribution is 6.37. The average molecular weight is 286 g/mol. The zero-order valence-electron chi connectivity index (χ0n) is 10.7. The second-order valence-electron chi connectivity index (χ2n) is 4.17. The van der Waals surface area contributed by atoms with E-state index in [9.17, 15) is 14.4 Å². The standard InChI is InChI=1S/C14H10N2O5/c1-2-4-16-5-3-8-6-9(13(18)19)10(7-11(8)16)15-12(17)14(20)21/h1,3,5-7H,4H2,(H,15,17)(H,18,19)(H,20,21). The van der Waals surface area contributed by atoms with Crippen molar-refractivity contribution in [2.24, 2.45) is 0 Å². The molecule has 0 unspecified atom stereocenters. The SMILES string of the molecule is C#CCn1ccc2cc(C(=O)O)c(NC(=O)C(=O)O)cc21. The number of aromatic nitrogens is 1. The molecule has 0 spiro atoms. The number of fused-ring (bicyclic) bond motifs is 1. The Balaban J connectivity index is 2.59. The van der Waals surface area contributed by atoms with Crippen LogP contribution in [0.2, 0.25) is 0 Å². The Bertz CT molecular complexity index is 798. The third-order valence-corrected chi connectivity index (χ3v) is 2.84. The lowest BCUT2D eigenvalue weighted by Crippen LogP contribution is -2.23. The number of hydrogen-bond donors (Lipinski definition) is 3. The first-order valence-corrected chi connectivity index (χ1v) is 5.78. The first kappa shape index (κ1) is 14.1. The topological polar surface area (TPSA) is 109 Å². The average Bonchev–Trinajstić information content (AvgIpc) is 2.80. The molecule has 0 aliphatic rings. The number of carboxylic acids is 2. The molecule has 3 N–H and O–H groups in total. The van der Waals surface area contributed by atoms with Gasteiger partial charge in [0.1, 0.15) is 0 Å². The molecule has 0 aliphatic heterocycles. The van der Waals surface area contributed by atoms with Crippen LogP contribution in [0.15, 0.2) is 24.4 Å². The van der Waals surface area contributed by atoms with E-state index in [0.29, 0.717) is 10.9 Å². The summed E-state index contributed by atoms with van der Waals surface area (Å²) in [4.78, 5) is 33.0. The van der Waals surface area contributed by atoms with Gasteiger partial charge in [0.15, 0.2) is 0 Å². The molecule has 1 aromatic heterocycles. The van der Waals surface area contributed by atoms with E-state index in [1.807, 2.05) is 0 Å². The van der Waals surface area contributed by atoms with Gasteiger partial charge in [-0.2, -0.15) is 0 Å². The first-order valence-electron chi connectivity index (χ1n) is 5.78. The Hall–Kier alpha value is -3.27. The monoisotopic (exact) mass is 286 g/mol. The number of carboxylic acid groups (broad SMARTS) is 2. The summed E-state index contributed by atoms with van der Waals surface area (Å²) >= 11 is 0. The molecule has 2 rings (SSSR count). The Labute approximate surface area is 118 Å². The van der Waals surface area contributed by atoms with Gasteiger partial charge in [-0.05, 0) is 18.2 Å². The number of carbonyl (C=O) groups is 3. The van der Waals surface area contributed by atoms with Crippen molar-refractivity contribution in [2.45, 2.75) is 6.54 Å². The molecular weight excluding hydrogens is 276 g/mol. The molecule has 0 bridgehead atoms. The lowest BCUT2D eigenvalue weighted by atomic mass is 10.1. The predicted molar refractivity (Wildman–Crippen MR) is 74.0 cm³/mol.